The van der Waals surface area contributed by atoms with Crippen molar-refractivity contribution in [3.05, 3.63) is 53.8 Å². The highest BCUT2D eigenvalue weighted by molar-refractivity contribution is 5.90. The molecule has 1 N–H and O–H groups in total. The summed E-state index contributed by atoms with van der Waals surface area (Å²) in [6.07, 6.45) is -1.47. The van der Waals surface area contributed by atoms with E-state index in [0.29, 0.717) is 29.9 Å². The molecule has 2 aromatic rings. The fourth-order valence-corrected chi connectivity index (χ4v) is 5.69. The molecule has 1 aliphatic carbocycles. The van der Waals surface area contributed by atoms with Gasteiger partial charge in [-0.2, -0.15) is 5.26 Å². The van der Waals surface area contributed by atoms with Gasteiger partial charge < -0.3 is 19.7 Å². The Hall–Kier alpha value is -4.13. The maximum atomic E-state index is 15.2. The zero-order valence-electron chi connectivity index (χ0n) is 22.4. The van der Waals surface area contributed by atoms with Gasteiger partial charge in [0.05, 0.1) is 30.3 Å². The number of rotatable bonds is 5. The van der Waals surface area contributed by atoms with E-state index in [1.807, 2.05) is 32.9 Å². The van der Waals surface area contributed by atoms with Gasteiger partial charge in [0.2, 0.25) is 5.91 Å². The third-order valence-corrected chi connectivity index (χ3v) is 7.61. The van der Waals surface area contributed by atoms with Crippen LogP contribution in [-0.2, 0) is 19.7 Å². The van der Waals surface area contributed by atoms with E-state index in [9.17, 15) is 19.6 Å². The Morgan fingerprint density at radius 2 is 1.82 bits per heavy atom. The van der Waals surface area contributed by atoms with Gasteiger partial charge in [-0.3, -0.25) is 9.69 Å². The molecule has 1 unspecified atom stereocenters. The second-order valence-electron chi connectivity index (χ2n) is 11.4. The molecule has 4 atom stereocenters. The maximum absolute atomic E-state index is 15.2. The molecule has 3 aliphatic rings. The van der Waals surface area contributed by atoms with Gasteiger partial charge >= 0.3 is 12.2 Å². The number of hydrogen-bond donors (Lipinski definition) is 1. The van der Waals surface area contributed by atoms with Crippen molar-refractivity contribution >= 4 is 23.8 Å². The Balaban J connectivity index is 1.26. The quantitative estimate of drug-likeness (QED) is 0.615. The van der Waals surface area contributed by atoms with Gasteiger partial charge in [0.1, 0.15) is 17.5 Å². The molecular formula is C29H31FN4O5. The fourth-order valence-electron chi connectivity index (χ4n) is 5.69. The largest absolute Gasteiger partial charge is 0.444 e. The summed E-state index contributed by atoms with van der Waals surface area (Å²) in [5.74, 6) is -0.651. The Bertz CT molecular complexity index is 1350. The summed E-state index contributed by atoms with van der Waals surface area (Å²) in [6, 6.07) is 14.3. The maximum Gasteiger partial charge on any atom is 0.414 e. The van der Waals surface area contributed by atoms with Crippen LogP contribution in [0.2, 0.25) is 0 Å². The van der Waals surface area contributed by atoms with Crippen LogP contribution in [0.3, 0.4) is 0 Å². The molecule has 3 fully saturated rings. The van der Waals surface area contributed by atoms with Crippen LogP contribution in [0.1, 0.15) is 33.3 Å². The van der Waals surface area contributed by atoms with Gasteiger partial charge in [0.25, 0.3) is 0 Å². The van der Waals surface area contributed by atoms with Gasteiger partial charge in [0, 0.05) is 37.4 Å². The molecule has 10 heteroatoms. The molecule has 5 rings (SSSR count). The third kappa shape index (κ3) is 4.89. The number of nitrogens with one attached hydrogen (secondary N) is 1. The second-order valence-corrected chi connectivity index (χ2v) is 11.4. The van der Waals surface area contributed by atoms with E-state index in [4.69, 9.17) is 9.47 Å². The van der Waals surface area contributed by atoms with Crippen molar-refractivity contribution in [1.29, 1.82) is 5.26 Å². The second kappa shape index (κ2) is 9.56. The summed E-state index contributed by atoms with van der Waals surface area (Å²) in [5, 5.41) is 12.7. The average Bonchev–Trinajstić information content (AvgIpc) is 3.15. The number of cyclic esters (lactones) is 1. The SMILES string of the molecule is CC(=O)NC[C@H]1CN(c2ccc(-c3ccc(C4(C#N)[C@@H]5CN(C(=O)OC(C)(C)C)C[C@@H]54)cc3)c(F)c2)C(=O)O1. The number of hydrogen-bond acceptors (Lipinski definition) is 6. The first kappa shape index (κ1) is 26.5. The predicted octanol–water partition coefficient (Wildman–Crippen LogP) is 4.21. The summed E-state index contributed by atoms with van der Waals surface area (Å²) in [6.45, 7) is 8.19. The molecule has 3 amide bonds. The number of halogens is 1. The lowest BCUT2D eigenvalue weighted by Gasteiger charge is -2.27. The monoisotopic (exact) mass is 534 g/mol. The number of nitriles is 1. The van der Waals surface area contributed by atoms with Crippen LogP contribution in [0.15, 0.2) is 42.5 Å². The van der Waals surface area contributed by atoms with E-state index < -0.39 is 29.0 Å². The van der Waals surface area contributed by atoms with Gasteiger partial charge in [0.15, 0.2) is 0 Å². The minimum atomic E-state index is -0.663. The molecule has 2 aromatic carbocycles. The molecule has 0 aromatic heterocycles. The van der Waals surface area contributed by atoms with Crippen molar-refractivity contribution in [2.75, 3.05) is 31.1 Å². The van der Waals surface area contributed by atoms with E-state index >= 15 is 4.39 Å². The minimum absolute atomic E-state index is 0.0339. The lowest BCUT2D eigenvalue weighted by atomic mass is 9.90. The summed E-state index contributed by atoms with van der Waals surface area (Å²) < 4.78 is 25.9. The van der Waals surface area contributed by atoms with Gasteiger partial charge in [-0.15, -0.1) is 0 Å². The highest BCUT2D eigenvalue weighted by atomic mass is 19.1. The van der Waals surface area contributed by atoms with Crippen molar-refractivity contribution in [1.82, 2.24) is 10.2 Å². The van der Waals surface area contributed by atoms with E-state index in [0.717, 1.165) is 5.56 Å². The molecule has 2 heterocycles. The number of fused-ring (bicyclic) bond motifs is 1. The molecule has 39 heavy (non-hydrogen) atoms. The Morgan fingerprint density at radius 1 is 1.15 bits per heavy atom. The van der Waals surface area contributed by atoms with E-state index in [-0.39, 0.29) is 36.9 Å². The Morgan fingerprint density at radius 3 is 2.38 bits per heavy atom. The summed E-state index contributed by atoms with van der Waals surface area (Å²) in [5.41, 5.74) is 0.994. The number of carbonyl (C=O) groups excluding carboxylic acids is 3. The molecule has 9 nitrogen and oxygen atoms in total. The van der Waals surface area contributed by atoms with Gasteiger partial charge in [-0.1, -0.05) is 24.3 Å². The Kier molecular flexibility index (Phi) is 6.49. The topological polar surface area (TPSA) is 112 Å². The Labute approximate surface area is 226 Å². The number of anilines is 1. The number of nitrogens with zero attached hydrogens (tertiary/aromatic N) is 3. The van der Waals surface area contributed by atoms with Gasteiger partial charge in [-0.25, -0.2) is 14.0 Å². The lowest BCUT2D eigenvalue weighted by molar-refractivity contribution is -0.119. The van der Waals surface area contributed by atoms with E-state index in [2.05, 4.69) is 11.4 Å². The minimum Gasteiger partial charge on any atom is -0.444 e. The fraction of sp³-hybridized carbons (Fsp3) is 0.448. The molecule has 0 radical (unpaired) electrons. The normalized spacial score (nSPS) is 25.5. The zero-order valence-corrected chi connectivity index (χ0v) is 22.4. The van der Waals surface area contributed by atoms with E-state index in [1.54, 1.807) is 29.2 Å². The molecule has 2 saturated heterocycles. The van der Waals surface area contributed by atoms with Crippen LogP contribution in [-0.4, -0.2) is 60.9 Å². The van der Waals surface area contributed by atoms with Gasteiger partial charge in [-0.05, 0) is 50.1 Å². The first-order valence-corrected chi connectivity index (χ1v) is 12.9. The van der Waals surface area contributed by atoms with E-state index in [1.165, 1.54) is 17.9 Å². The number of likely N-dealkylation sites (tertiary alicyclic amines) is 1. The highest BCUT2D eigenvalue weighted by Crippen LogP contribution is 2.63. The molecule has 1 saturated carbocycles. The molecule has 0 spiro atoms. The van der Waals surface area contributed by atoms with Crippen LogP contribution >= 0.6 is 0 Å². The third-order valence-electron chi connectivity index (χ3n) is 7.61. The van der Waals surface area contributed by atoms with Crippen LogP contribution in [0, 0.1) is 29.0 Å². The molecule has 204 valence electrons. The molecular weight excluding hydrogens is 503 g/mol. The zero-order chi connectivity index (χ0) is 28.1. The number of benzene rings is 2. The molecule has 2 aliphatic heterocycles. The summed E-state index contributed by atoms with van der Waals surface area (Å²) >= 11 is 0. The standard InChI is InChI=1S/C29H31FN4O5/c1-17(35)32-12-21-13-34(27(37)38-21)20-9-10-22(25(30)11-20)18-5-7-19(8-6-18)29(16-31)23-14-33(15-24(23)29)26(36)39-28(2,3)4/h5-11,21,23-24H,12-15H2,1-4H3,(H,32,35)/t21-,23-,24+,29?/m0/s1. The lowest BCUT2D eigenvalue weighted by Crippen LogP contribution is -2.38. The summed E-state index contributed by atoms with van der Waals surface area (Å²) in [4.78, 5) is 38.8. The van der Waals surface area contributed by atoms with Crippen LogP contribution in [0.25, 0.3) is 11.1 Å². The predicted molar refractivity (Wildman–Crippen MR) is 140 cm³/mol. The number of amides is 3. The first-order chi connectivity index (χ1) is 18.4. The molecule has 0 bridgehead atoms. The highest BCUT2D eigenvalue weighted by Gasteiger charge is 2.70. The number of ether oxygens (including phenoxy) is 2. The van der Waals surface area contributed by atoms with Crippen LogP contribution in [0.5, 0.6) is 0 Å². The number of carbonyl (C=O) groups is 3. The van der Waals surface area contributed by atoms with Crippen molar-refractivity contribution in [3.63, 3.8) is 0 Å². The van der Waals surface area contributed by atoms with Crippen molar-refractivity contribution < 1.29 is 28.2 Å². The first-order valence-electron chi connectivity index (χ1n) is 12.9. The van der Waals surface area contributed by atoms with Crippen molar-refractivity contribution in [3.8, 4) is 17.2 Å². The number of piperidine rings is 1. The van der Waals surface area contributed by atoms with Crippen LogP contribution < -0.4 is 10.2 Å². The van der Waals surface area contributed by atoms with Crippen molar-refractivity contribution in [2.24, 2.45) is 11.8 Å². The summed E-state index contributed by atoms with van der Waals surface area (Å²) in [7, 11) is 0. The van der Waals surface area contributed by atoms with Crippen molar-refractivity contribution in [2.45, 2.75) is 44.8 Å². The smallest absolute Gasteiger partial charge is 0.414 e. The van der Waals surface area contributed by atoms with Crippen LogP contribution in [0.4, 0.5) is 19.7 Å². The average molecular weight is 535 g/mol.